The van der Waals surface area contributed by atoms with E-state index >= 15 is 0 Å². The van der Waals surface area contributed by atoms with E-state index in [1.807, 2.05) is 48.7 Å². The second kappa shape index (κ2) is 9.34. The molecule has 1 N–H and O–H groups in total. The van der Waals surface area contributed by atoms with Gasteiger partial charge in [-0.25, -0.2) is 0 Å². The molecular weight excluding hydrogens is 551 g/mol. The molecule has 0 spiro atoms. The predicted octanol–water partition coefficient (Wildman–Crippen LogP) is 7.74. The Balaban J connectivity index is 1.69. The number of nitrogens with zero attached hydrogens (tertiary/aromatic N) is 3. The van der Waals surface area contributed by atoms with Crippen molar-refractivity contribution in [1.29, 1.82) is 0 Å². The summed E-state index contributed by atoms with van der Waals surface area (Å²) in [6, 6.07) is 21.7. The van der Waals surface area contributed by atoms with Gasteiger partial charge in [-0.1, -0.05) is 45.2 Å². The molecule has 2 aromatic carbocycles. The van der Waals surface area contributed by atoms with Crippen LogP contribution in [0.15, 0.2) is 77.4 Å². The molecule has 5 rings (SSSR count). The lowest BCUT2D eigenvalue weighted by atomic mass is 9.96. The molecule has 172 valence electrons. The van der Waals surface area contributed by atoms with Crippen LogP contribution in [0.25, 0.3) is 5.69 Å². The molecule has 34 heavy (non-hydrogen) atoms. The fourth-order valence-electron chi connectivity index (χ4n) is 4.67. The molecule has 2 aromatic heterocycles. The highest BCUT2D eigenvalue weighted by Crippen LogP contribution is 2.44. The molecule has 2 atom stereocenters. The number of aryl methyl sites for hydroxylation is 1. The van der Waals surface area contributed by atoms with E-state index < -0.39 is 0 Å². The first-order valence-electron chi connectivity index (χ1n) is 10.8. The van der Waals surface area contributed by atoms with Gasteiger partial charge < -0.3 is 14.8 Å². The second-order valence-electron chi connectivity index (χ2n) is 8.23. The largest absolute Gasteiger partial charge is 0.351 e. The molecular formula is C26H21BrCl2N4S. The predicted molar refractivity (Wildman–Crippen MR) is 147 cm³/mol. The fourth-order valence-corrected chi connectivity index (χ4v) is 5.77. The van der Waals surface area contributed by atoms with E-state index in [1.54, 1.807) is 6.07 Å². The smallest absolute Gasteiger partial charge is 0.174 e. The monoisotopic (exact) mass is 570 g/mol. The molecule has 0 aliphatic carbocycles. The Hall–Kier alpha value is -2.38. The van der Waals surface area contributed by atoms with Crippen molar-refractivity contribution in [1.82, 2.24) is 14.9 Å². The third kappa shape index (κ3) is 4.13. The number of aromatic nitrogens is 2. The minimum absolute atomic E-state index is 0.102. The van der Waals surface area contributed by atoms with Gasteiger partial charge in [0, 0.05) is 32.8 Å². The number of nitrogens with one attached hydrogen (secondary N) is 1. The number of thiocarbonyl (C=S) groups is 1. The molecule has 0 saturated carbocycles. The third-order valence-corrected chi connectivity index (χ3v) is 7.52. The Labute approximate surface area is 222 Å². The number of hydrogen-bond donors (Lipinski definition) is 1. The standard InChI is InChI=1S/C26H21BrCl2N4S/c1-15-13-20(16(2)32(15)23-11-8-18(28)14-21(23)29)25-24(22-5-3-4-12-30-22)31-26(34)33(25)19-9-6-17(27)7-10-19/h3-14,24-25H,1-2H3,(H,31,34)/t24-,25-/m1/s1. The van der Waals surface area contributed by atoms with Crippen LogP contribution < -0.4 is 10.2 Å². The van der Waals surface area contributed by atoms with Gasteiger partial charge in [0.25, 0.3) is 0 Å². The molecule has 3 heterocycles. The van der Waals surface area contributed by atoms with Crippen LogP contribution in [0.4, 0.5) is 5.69 Å². The summed E-state index contributed by atoms with van der Waals surface area (Å²) in [5.74, 6) is 0. The van der Waals surface area contributed by atoms with Gasteiger partial charge in [-0.3, -0.25) is 4.98 Å². The van der Waals surface area contributed by atoms with Crippen LogP contribution in [0, 0.1) is 13.8 Å². The minimum Gasteiger partial charge on any atom is -0.351 e. The van der Waals surface area contributed by atoms with Crippen LogP contribution >= 0.6 is 51.3 Å². The van der Waals surface area contributed by atoms with Crippen molar-refractivity contribution >= 4 is 62.1 Å². The number of anilines is 1. The molecule has 1 aliphatic rings. The average molecular weight is 572 g/mol. The normalized spacial score (nSPS) is 17.8. The van der Waals surface area contributed by atoms with Crippen LogP contribution in [-0.4, -0.2) is 14.7 Å². The lowest BCUT2D eigenvalue weighted by Crippen LogP contribution is -2.29. The summed E-state index contributed by atoms with van der Waals surface area (Å²) >= 11 is 22.2. The van der Waals surface area contributed by atoms with Gasteiger partial charge in [0.1, 0.15) is 0 Å². The van der Waals surface area contributed by atoms with Crippen molar-refractivity contribution in [3.05, 3.63) is 110 Å². The molecule has 8 heteroatoms. The third-order valence-electron chi connectivity index (χ3n) is 6.14. The van der Waals surface area contributed by atoms with Gasteiger partial charge in [0.2, 0.25) is 0 Å². The number of halogens is 3. The first kappa shape index (κ1) is 23.4. The summed E-state index contributed by atoms with van der Waals surface area (Å²) in [5.41, 5.74) is 6.15. The molecule has 1 aliphatic heterocycles. The van der Waals surface area contributed by atoms with Gasteiger partial charge in [0.05, 0.1) is 28.5 Å². The summed E-state index contributed by atoms with van der Waals surface area (Å²) in [4.78, 5) is 6.83. The maximum Gasteiger partial charge on any atom is 0.174 e. The Kier molecular flexibility index (Phi) is 6.42. The number of rotatable bonds is 4. The van der Waals surface area contributed by atoms with Crippen molar-refractivity contribution in [2.75, 3.05) is 4.90 Å². The first-order chi connectivity index (χ1) is 16.3. The summed E-state index contributed by atoms with van der Waals surface area (Å²) in [6.45, 7) is 4.20. The van der Waals surface area contributed by atoms with E-state index in [2.05, 4.69) is 67.7 Å². The lowest BCUT2D eigenvalue weighted by Gasteiger charge is -2.28. The minimum atomic E-state index is -0.119. The van der Waals surface area contributed by atoms with Crippen molar-refractivity contribution in [3.63, 3.8) is 0 Å². The topological polar surface area (TPSA) is 33.1 Å². The summed E-state index contributed by atoms with van der Waals surface area (Å²) in [7, 11) is 0. The Morgan fingerprint density at radius 3 is 2.44 bits per heavy atom. The molecule has 4 aromatic rings. The van der Waals surface area contributed by atoms with Crippen LogP contribution in [0.5, 0.6) is 0 Å². The summed E-state index contributed by atoms with van der Waals surface area (Å²) < 4.78 is 3.19. The van der Waals surface area contributed by atoms with E-state index in [9.17, 15) is 0 Å². The van der Waals surface area contributed by atoms with Crippen LogP contribution in [0.3, 0.4) is 0 Å². The molecule has 1 saturated heterocycles. The molecule has 1 fully saturated rings. The number of benzene rings is 2. The second-order valence-corrected chi connectivity index (χ2v) is 10.4. The quantitative estimate of drug-likeness (QED) is 0.254. The SMILES string of the molecule is Cc1cc([C@@H]2[C@@H](c3ccccn3)NC(=S)N2c2ccc(Br)cc2)c(C)n1-c1ccc(Cl)cc1Cl. The number of pyridine rings is 1. The van der Waals surface area contributed by atoms with Crippen LogP contribution in [0.2, 0.25) is 10.0 Å². The van der Waals surface area contributed by atoms with Gasteiger partial charge in [-0.2, -0.15) is 0 Å². The Bertz CT molecular complexity index is 1370. The van der Waals surface area contributed by atoms with Crippen molar-refractivity contribution in [3.8, 4) is 5.69 Å². The lowest BCUT2D eigenvalue weighted by molar-refractivity contribution is 0.565. The Morgan fingerprint density at radius 1 is 1.00 bits per heavy atom. The average Bonchev–Trinajstić information content (AvgIpc) is 3.31. The van der Waals surface area contributed by atoms with E-state index in [-0.39, 0.29) is 12.1 Å². The zero-order chi connectivity index (χ0) is 24.0. The maximum absolute atomic E-state index is 6.60. The number of hydrogen-bond acceptors (Lipinski definition) is 2. The van der Waals surface area contributed by atoms with E-state index in [4.69, 9.17) is 35.4 Å². The fraction of sp³-hybridized carbons (Fsp3) is 0.154. The van der Waals surface area contributed by atoms with E-state index in [1.165, 1.54) is 0 Å². The highest BCUT2D eigenvalue weighted by molar-refractivity contribution is 9.10. The van der Waals surface area contributed by atoms with E-state index in [0.717, 1.165) is 38.5 Å². The highest BCUT2D eigenvalue weighted by atomic mass is 79.9. The van der Waals surface area contributed by atoms with Crippen LogP contribution in [-0.2, 0) is 0 Å². The van der Waals surface area contributed by atoms with Crippen molar-refractivity contribution in [2.45, 2.75) is 25.9 Å². The molecule has 0 unspecified atom stereocenters. The summed E-state index contributed by atoms with van der Waals surface area (Å²) in [6.07, 6.45) is 1.82. The molecule has 0 amide bonds. The van der Waals surface area contributed by atoms with E-state index in [0.29, 0.717) is 15.2 Å². The van der Waals surface area contributed by atoms with Crippen LogP contribution in [0.1, 0.15) is 34.7 Å². The molecule has 0 bridgehead atoms. The zero-order valence-corrected chi connectivity index (χ0v) is 22.4. The summed E-state index contributed by atoms with van der Waals surface area (Å²) in [5, 5.41) is 5.40. The molecule has 4 nitrogen and oxygen atoms in total. The van der Waals surface area contributed by atoms with Gasteiger partial charge in [-0.05, 0) is 92.3 Å². The van der Waals surface area contributed by atoms with Crippen molar-refractivity contribution in [2.24, 2.45) is 0 Å². The van der Waals surface area contributed by atoms with Gasteiger partial charge in [-0.15, -0.1) is 0 Å². The first-order valence-corrected chi connectivity index (χ1v) is 12.7. The maximum atomic E-state index is 6.60. The Morgan fingerprint density at radius 2 is 1.76 bits per heavy atom. The van der Waals surface area contributed by atoms with Crippen molar-refractivity contribution < 1.29 is 0 Å². The van der Waals surface area contributed by atoms with Gasteiger partial charge in [0.15, 0.2) is 5.11 Å². The zero-order valence-electron chi connectivity index (χ0n) is 18.5. The highest BCUT2D eigenvalue weighted by Gasteiger charge is 2.42. The van der Waals surface area contributed by atoms with Gasteiger partial charge >= 0.3 is 0 Å². The molecule has 0 radical (unpaired) electrons.